The number of rotatable bonds is 14. The van der Waals surface area contributed by atoms with Crippen molar-refractivity contribution in [3.63, 3.8) is 0 Å². The van der Waals surface area contributed by atoms with E-state index in [1.165, 1.54) is 20.8 Å². The lowest BCUT2D eigenvalue weighted by Gasteiger charge is -2.46. The van der Waals surface area contributed by atoms with Gasteiger partial charge in [-0.3, -0.25) is 14.4 Å². The molecule has 0 spiro atoms. The Labute approximate surface area is 271 Å². The van der Waals surface area contributed by atoms with Crippen molar-refractivity contribution in [2.24, 2.45) is 11.8 Å². The van der Waals surface area contributed by atoms with E-state index in [-0.39, 0.29) is 26.4 Å². The summed E-state index contributed by atoms with van der Waals surface area (Å²) in [6.07, 6.45) is -12.5. The zero-order valence-corrected chi connectivity index (χ0v) is 26.5. The molecule has 11 N–H and O–H groups in total. The summed E-state index contributed by atoms with van der Waals surface area (Å²) in [6, 6.07) is -3.35. The third-order valence-electron chi connectivity index (χ3n) is 8.62. The summed E-state index contributed by atoms with van der Waals surface area (Å²) in [5, 5.41) is 90.0. The van der Waals surface area contributed by atoms with E-state index in [0.717, 1.165) is 0 Å². The molecule has 0 saturated carbocycles. The smallest absolute Gasteiger partial charge is 0.217 e. The number of ether oxygens (including phenoxy) is 5. The Hall–Kier alpha value is -2.11. The Balaban J connectivity index is 1.66. The van der Waals surface area contributed by atoms with Crippen molar-refractivity contribution in [3.05, 3.63) is 0 Å². The summed E-state index contributed by atoms with van der Waals surface area (Å²) in [5.41, 5.74) is 0. The highest BCUT2D eigenvalue weighted by Gasteiger charge is 2.48. The molecule has 19 heteroatoms. The predicted molar refractivity (Wildman–Crippen MR) is 155 cm³/mol. The Morgan fingerprint density at radius 2 is 0.894 bits per heavy atom. The Morgan fingerprint density at radius 3 is 1.34 bits per heavy atom. The van der Waals surface area contributed by atoms with E-state index >= 15 is 0 Å². The highest BCUT2D eigenvalue weighted by atomic mass is 16.6. The number of carbonyl (C=O) groups excluding carboxylic acids is 3. The third-order valence-corrected chi connectivity index (χ3v) is 8.62. The average Bonchev–Trinajstić information content (AvgIpc) is 3.01. The molecule has 0 aliphatic carbocycles. The fraction of sp³-hybridized carbons (Fsp3) is 0.893. The average molecular weight is 684 g/mol. The van der Waals surface area contributed by atoms with E-state index in [2.05, 4.69) is 16.0 Å². The van der Waals surface area contributed by atoms with Gasteiger partial charge in [0.05, 0.1) is 82.7 Å². The Kier molecular flexibility index (Phi) is 15.1. The maximum atomic E-state index is 12.1. The van der Waals surface area contributed by atoms with Crippen LogP contribution in [0.1, 0.15) is 20.8 Å². The Bertz CT molecular complexity index is 1030. The second-order valence-corrected chi connectivity index (χ2v) is 12.1. The molecule has 19 nitrogen and oxygen atoms in total. The van der Waals surface area contributed by atoms with Crippen molar-refractivity contribution in [1.82, 2.24) is 16.0 Å². The van der Waals surface area contributed by atoms with Crippen molar-refractivity contribution in [2.75, 3.05) is 46.2 Å². The lowest BCUT2D eigenvalue weighted by Crippen LogP contribution is -2.65. The highest BCUT2D eigenvalue weighted by Crippen LogP contribution is 2.30. The molecule has 0 bridgehead atoms. The number of nitrogens with one attached hydrogen (secondary N) is 3. The van der Waals surface area contributed by atoms with Gasteiger partial charge in [-0.15, -0.1) is 0 Å². The lowest BCUT2D eigenvalue weighted by molar-refractivity contribution is -0.248. The first-order chi connectivity index (χ1) is 22.2. The summed E-state index contributed by atoms with van der Waals surface area (Å²) in [4.78, 5) is 35.3. The van der Waals surface area contributed by atoms with Gasteiger partial charge in [0.2, 0.25) is 17.7 Å². The number of amides is 3. The van der Waals surface area contributed by atoms with Gasteiger partial charge in [0.15, 0.2) is 6.29 Å². The molecule has 3 saturated heterocycles. The van der Waals surface area contributed by atoms with Gasteiger partial charge in [-0.2, -0.15) is 0 Å². The second kappa shape index (κ2) is 18.0. The van der Waals surface area contributed by atoms with Crippen molar-refractivity contribution in [1.29, 1.82) is 0 Å². The van der Waals surface area contributed by atoms with E-state index in [4.69, 9.17) is 23.7 Å². The summed E-state index contributed by atoms with van der Waals surface area (Å²) in [6.45, 7) is 0.839. The first kappa shape index (κ1) is 39.3. The van der Waals surface area contributed by atoms with Crippen LogP contribution in [0.3, 0.4) is 0 Å². The maximum Gasteiger partial charge on any atom is 0.217 e. The van der Waals surface area contributed by atoms with Gasteiger partial charge in [0.25, 0.3) is 0 Å². The van der Waals surface area contributed by atoms with E-state index in [1.807, 2.05) is 0 Å². The summed E-state index contributed by atoms with van der Waals surface area (Å²) < 4.78 is 28.6. The van der Waals surface area contributed by atoms with Crippen molar-refractivity contribution < 1.29 is 78.9 Å². The molecule has 0 radical (unpaired) electrons. The van der Waals surface area contributed by atoms with Crippen LogP contribution >= 0.6 is 0 Å². The molecule has 9 unspecified atom stereocenters. The van der Waals surface area contributed by atoms with E-state index in [9.17, 15) is 55.2 Å². The molecule has 272 valence electrons. The predicted octanol–water partition coefficient (Wildman–Crippen LogP) is -6.56. The molecule has 3 aliphatic rings. The molecule has 0 aromatic rings. The van der Waals surface area contributed by atoms with Crippen LogP contribution in [0.15, 0.2) is 0 Å². The Morgan fingerprint density at radius 1 is 0.511 bits per heavy atom. The highest BCUT2D eigenvalue weighted by molar-refractivity contribution is 5.74. The SMILES string of the molecule is CC(=O)NC1C(O)[C@H](COC[C@@H]2OC(CO)[C@@H](COC[C@@H]3OC(CO)[C@@H](O)C(O)C3NC(C)=O)C(O)C2NC(C)=O)C(CO)O[C@H]1O. The first-order valence-corrected chi connectivity index (χ1v) is 15.4. The van der Waals surface area contributed by atoms with Crippen LogP contribution in [-0.4, -0.2) is 184 Å². The lowest BCUT2D eigenvalue weighted by atomic mass is 9.85. The molecule has 0 aromatic carbocycles. The van der Waals surface area contributed by atoms with Crippen LogP contribution in [0.2, 0.25) is 0 Å². The van der Waals surface area contributed by atoms with Crippen LogP contribution in [0.5, 0.6) is 0 Å². The van der Waals surface area contributed by atoms with Crippen molar-refractivity contribution in [2.45, 2.75) is 100 Å². The first-order valence-electron chi connectivity index (χ1n) is 15.4. The minimum absolute atomic E-state index is 0.248. The van der Waals surface area contributed by atoms with Gasteiger partial charge in [-0.25, -0.2) is 0 Å². The molecule has 3 fully saturated rings. The van der Waals surface area contributed by atoms with Gasteiger partial charge in [0, 0.05) is 32.6 Å². The fourth-order valence-electron chi connectivity index (χ4n) is 6.24. The van der Waals surface area contributed by atoms with E-state index < -0.39 is 129 Å². The molecule has 3 aliphatic heterocycles. The standard InChI is InChI=1S/C28H49N3O16/c1-11(35)29-21-19(9-44-8-15-17(5-33)47-28(42)23(25(15)39)31-13(3)37)45-16(4-32)14(24(21)38)7-43-10-20-22(30-12(2)36)27(41)26(40)18(6-34)46-20/h14-28,32-34,38-42H,4-10H2,1-3H3,(H,29,35)(H,30,36)(H,31,37)/t14-,15-,16?,17?,18?,19+,20+,21?,22?,23?,24?,25?,26-,27?,28-/m1/s1. The van der Waals surface area contributed by atoms with Crippen LogP contribution in [0.25, 0.3) is 0 Å². The summed E-state index contributed by atoms with van der Waals surface area (Å²) >= 11 is 0. The topological polar surface area (TPSA) is 295 Å². The minimum Gasteiger partial charge on any atom is -0.394 e. The number of aliphatic hydroxyl groups is 8. The molecular weight excluding hydrogens is 634 g/mol. The van der Waals surface area contributed by atoms with Gasteiger partial charge in [0.1, 0.15) is 36.6 Å². The van der Waals surface area contributed by atoms with Gasteiger partial charge in [-0.05, 0) is 0 Å². The number of hydrogen-bond acceptors (Lipinski definition) is 16. The van der Waals surface area contributed by atoms with E-state index in [0.29, 0.717) is 0 Å². The summed E-state index contributed by atoms with van der Waals surface area (Å²) in [7, 11) is 0. The molecular formula is C28H49N3O16. The quantitative estimate of drug-likeness (QED) is 0.0811. The van der Waals surface area contributed by atoms with E-state index in [1.54, 1.807) is 0 Å². The van der Waals surface area contributed by atoms with Crippen LogP contribution < -0.4 is 16.0 Å². The molecule has 0 aromatic heterocycles. The number of hydrogen-bond donors (Lipinski definition) is 11. The third kappa shape index (κ3) is 9.97. The molecule has 15 atom stereocenters. The van der Waals surface area contributed by atoms with Gasteiger partial charge < -0.3 is 80.5 Å². The minimum atomic E-state index is -1.58. The molecule has 3 amide bonds. The zero-order chi connectivity index (χ0) is 35.0. The van der Waals surface area contributed by atoms with Crippen LogP contribution in [0, 0.1) is 11.8 Å². The zero-order valence-electron chi connectivity index (χ0n) is 26.5. The van der Waals surface area contributed by atoms with Crippen LogP contribution in [-0.2, 0) is 38.1 Å². The molecule has 3 rings (SSSR count). The fourth-order valence-corrected chi connectivity index (χ4v) is 6.24. The monoisotopic (exact) mass is 683 g/mol. The van der Waals surface area contributed by atoms with Gasteiger partial charge >= 0.3 is 0 Å². The molecule has 47 heavy (non-hydrogen) atoms. The largest absolute Gasteiger partial charge is 0.394 e. The number of carbonyl (C=O) groups is 3. The maximum absolute atomic E-state index is 12.1. The normalized spacial score (nSPS) is 40.8. The number of aliphatic hydroxyl groups excluding tert-OH is 8. The second-order valence-electron chi connectivity index (χ2n) is 12.1. The molecule has 3 heterocycles. The summed E-state index contributed by atoms with van der Waals surface area (Å²) in [5.74, 6) is -3.37. The van der Waals surface area contributed by atoms with Gasteiger partial charge in [-0.1, -0.05) is 0 Å². The van der Waals surface area contributed by atoms with Crippen LogP contribution in [0.4, 0.5) is 0 Å². The van der Waals surface area contributed by atoms with Crippen molar-refractivity contribution >= 4 is 17.7 Å². The van der Waals surface area contributed by atoms with Crippen molar-refractivity contribution in [3.8, 4) is 0 Å².